The van der Waals surface area contributed by atoms with E-state index in [2.05, 4.69) is 78.6 Å². The zero-order chi connectivity index (χ0) is 35.6. The number of halogens is 1. The first-order valence-electron chi connectivity index (χ1n) is 17.4. The molecule has 51 heavy (non-hydrogen) atoms. The molecule has 2 atom stereocenters. The topological polar surface area (TPSA) is 106 Å². The monoisotopic (exact) mass is 742 g/mol. The van der Waals surface area contributed by atoms with Gasteiger partial charge in [-0.15, -0.1) is 0 Å². The molecule has 8 rings (SSSR count). The standard InChI is InChI=1S/C19H21ClN4OS.C19H22N4OS/c1-11-7-8-13(12(2)10-11)15-16-17(23-19(22-15)26-3)24(18(20)21-16)14-6-4-5-9-25-14;1-12-7-8-14(13(2)10-12)16-17-18(22-19(21-16)25-3)23(11-20-17)15-6-4-5-9-24-15/h7-8,10,14H,4-6,9H2,1-3H3;7-8,10-11,15H,4-6,9H2,1-3H3. The van der Waals surface area contributed by atoms with Crippen LogP contribution in [0.15, 0.2) is 53.0 Å². The van der Waals surface area contributed by atoms with E-state index in [1.54, 1.807) is 11.8 Å². The summed E-state index contributed by atoms with van der Waals surface area (Å²) in [5.41, 5.74) is 11.9. The van der Waals surface area contributed by atoms with Crippen LogP contribution in [0.3, 0.4) is 0 Å². The van der Waals surface area contributed by atoms with Crippen molar-refractivity contribution in [2.24, 2.45) is 0 Å². The number of imidazole rings is 2. The summed E-state index contributed by atoms with van der Waals surface area (Å²) in [6.45, 7) is 9.95. The maximum atomic E-state index is 6.52. The number of fused-ring (bicyclic) bond motifs is 2. The van der Waals surface area contributed by atoms with Gasteiger partial charge in [0.15, 0.2) is 21.6 Å². The smallest absolute Gasteiger partial charge is 0.207 e. The number of aryl methyl sites for hydroxylation is 4. The van der Waals surface area contributed by atoms with Gasteiger partial charge in [-0.3, -0.25) is 9.13 Å². The second-order valence-electron chi connectivity index (χ2n) is 13.1. The van der Waals surface area contributed by atoms with E-state index in [0.29, 0.717) is 10.4 Å². The van der Waals surface area contributed by atoms with E-state index in [0.717, 1.165) is 101 Å². The molecule has 6 heterocycles. The van der Waals surface area contributed by atoms with E-state index in [1.165, 1.54) is 34.9 Å². The van der Waals surface area contributed by atoms with E-state index >= 15 is 0 Å². The van der Waals surface area contributed by atoms with Gasteiger partial charge in [-0.2, -0.15) is 0 Å². The van der Waals surface area contributed by atoms with E-state index in [-0.39, 0.29) is 12.5 Å². The minimum Gasteiger partial charge on any atom is -0.358 e. The van der Waals surface area contributed by atoms with Gasteiger partial charge in [0.05, 0.1) is 6.33 Å². The highest BCUT2D eigenvalue weighted by molar-refractivity contribution is 7.98. The van der Waals surface area contributed by atoms with Crippen molar-refractivity contribution < 1.29 is 9.47 Å². The first-order valence-corrected chi connectivity index (χ1v) is 20.2. The summed E-state index contributed by atoms with van der Waals surface area (Å²) in [4.78, 5) is 28.3. The van der Waals surface area contributed by atoms with Gasteiger partial charge in [0.1, 0.15) is 34.9 Å². The van der Waals surface area contributed by atoms with Crippen molar-refractivity contribution in [3.05, 3.63) is 70.3 Å². The van der Waals surface area contributed by atoms with E-state index in [4.69, 9.17) is 41.0 Å². The minimum absolute atomic E-state index is 0.0234. The molecule has 10 nitrogen and oxygen atoms in total. The van der Waals surface area contributed by atoms with Crippen molar-refractivity contribution in [1.29, 1.82) is 0 Å². The van der Waals surface area contributed by atoms with Gasteiger partial charge >= 0.3 is 0 Å². The fraction of sp³-hybridized carbons (Fsp3) is 0.421. The normalized spacial score (nSPS) is 17.9. The highest BCUT2D eigenvalue weighted by Crippen LogP contribution is 2.36. The largest absolute Gasteiger partial charge is 0.358 e. The van der Waals surface area contributed by atoms with Crippen molar-refractivity contribution in [2.45, 2.75) is 89.0 Å². The van der Waals surface area contributed by atoms with Crippen molar-refractivity contribution in [2.75, 3.05) is 25.7 Å². The molecule has 0 amide bonds. The molecule has 0 N–H and O–H groups in total. The van der Waals surface area contributed by atoms with Crippen LogP contribution in [0, 0.1) is 27.7 Å². The Balaban J connectivity index is 0.000000159. The first-order chi connectivity index (χ1) is 24.7. The molecular weight excluding hydrogens is 700 g/mol. The van der Waals surface area contributed by atoms with Gasteiger partial charge in [0.25, 0.3) is 0 Å². The number of aromatic nitrogens is 8. The minimum atomic E-state index is -0.113. The van der Waals surface area contributed by atoms with Crippen molar-refractivity contribution in [1.82, 2.24) is 39.0 Å². The molecule has 13 heteroatoms. The average Bonchev–Trinajstić information content (AvgIpc) is 3.72. The quantitative estimate of drug-likeness (QED) is 0.0930. The van der Waals surface area contributed by atoms with Crippen LogP contribution in [0.1, 0.15) is 73.2 Å². The Morgan fingerprint density at radius 1 is 0.667 bits per heavy atom. The lowest BCUT2D eigenvalue weighted by atomic mass is 10.0. The fourth-order valence-corrected chi connectivity index (χ4v) is 7.87. The molecular formula is C38H43ClN8O2S2. The van der Waals surface area contributed by atoms with Crippen LogP contribution < -0.4 is 0 Å². The van der Waals surface area contributed by atoms with Crippen LogP contribution in [0.4, 0.5) is 0 Å². The van der Waals surface area contributed by atoms with Crippen LogP contribution in [0.5, 0.6) is 0 Å². The lowest BCUT2D eigenvalue weighted by molar-refractivity contribution is -0.0299. The Hall–Kier alpha value is -3.55. The molecule has 266 valence electrons. The highest BCUT2D eigenvalue weighted by Gasteiger charge is 2.26. The summed E-state index contributed by atoms with van der Waals surface area (Å²) in [6.07, 6.45) is 12.2. The second-order valence-corrected chi connectivity index (χ2v) is 15.0. The summed E-state index contributed by atoms with van der Waals surface area (Å²) in [6, 6.07) is 12.8. The summed E-state index contributed by atoms with van der Waals surface area (Å²) < 4.78 is 15.9. The molecule has 2 aliphatic rings. The lowest BCUT2D eigenvalue weighted by Crippen LogP contribution is -2.18. The van der Waals surface area contributed by atoms with Crippen molar-refractivity contribution in [3.8, 4) is 22.5 Å². The van der Waals surface area contributed by atoms with E-state index in [1.807, 2.05) is 23.4 Å². The molecule has 6 aromatic rings. The third-order valence-electron chi connectivity index (χ3n) is 9.43. The number of ether oxygens (including phenoxy) is 2. The first kappa shape index (κ1) is 35.8. The molecule has 0 spiro atoms. The van der Waals surface area contributed by atoms with Crippen LogP contribution >= 0.6 is 35.1 Å². The number of hydrogen-bond donors (Lipinski definition) is 0. The SMILES string of the molecule is CSc1nc(-c2ccc(C)cc2C)c2nc(Cl)n(C3CCCCO3)c2n1.CSc1nc(-c2ccc(C)cc2C)c2ncn(C3CCCCO3)c2n1. The van der Waals surface area contributed by atoms with Gasteiger partial charge in [-0.25, -0.2) is 29.9 Å². The molecule has 2 saturated heterocycles. The number of nitrogens with zero attached hydrogens (tertiary/aromatic N) is 8. The highest BCUT2D eigenvalue weighted by atomic mass is 35.5. The van der Waals surface area contributed by atoms with E-state index < -0.39 is 0 Å². The van der Waals surface area contributed by atoms with Gasteiger partial charge < -0.3 is 9.47 Å². The number of hydrogen-bond acceptors (Lipinski definition) is 10. The predicted octanol–water partition coefficient (Wildman–Crippen LogP) is 9.72. The Labute approximate surface area is 312 Å². The Morgan fingerprint density at radius 2 is 1.22 bits per heavy atom. The lowest BCUT2D eigenvalue weighted by Gasteiger charge is -2.24. The average molecular weight is 743 g/mol. The molecule has 0 bridgehead atoms. The second kappa shape index (κ2) is 15.6. The number of benzene rings is 2. The fourth-order valence-electron chi connectivity index (χ4n) is 6.88. The van der Waals surface area contributed by atoms with Gasteiger partial charge in [-0.05, 0) is 101 Å². The molecule has 2 aromatic carbocycles. The van der Waals surface area contributed by atoms with Gasteiger partial charge in [0.2, 0.25) is 5.28 Å². The van der Waals surface area contributed by atoms with Crippen LogP contribution in [0.2, 0.25) is 5.28 Å². The number of rotatable bonds is 6. The Bertz CT molecular complexity index is 2190. The maximum Gasteiger partial charge on any atom is 0.207 e. The molecule has 4 aromatic heterocycles. The molecule has 0 aliphatic carbocycles. The summed E-state index contributed by atoms with van der Waals surface area (Å²) in [7, 11) is 0. The molecule has 0 radical (unpaired) electrons. The molecule has 2 unspecified atom stereocenters. The van der Waals surface area contributed by atoms with Crippen molar-refractivity contribution in [3.63, 3.8) is 0 Å². The third kappa shape index (κ3) is 7.39. The van der Waals surface area contributed by atoms with Crippen LogP contribution in [-0.4, -0.2) is 64.8 Å². The van der Waals surface area contributed by atoms with Crippen LogP contribution in [-0.2, 0) is 9.47 Å². The predicted molar refractivity (Wildman–Crippen MR) is 207 cm³/mol. The summed E-state index contributed by atoms with van der Waals surface area (Å²) in [5, 5.41) is 1.88. The molecule has 2 aliphatic heterocycles. The Kier molecular flexibility index (Phi) is 11.0. The molecule has 2 fully saturated rings. The van der Waals surface area contributed by atoms with Gasteiger partial charge in [0, 0.05) is 24.3 Å². The maximum absolute atomic E-state index is 6.52. The summed E-state index contributed by atoms with van der Waals surface area (Å²) >= 11 is 9.59. The molecule has 0 saturated carbocycles. The zero-order valence-corrected chi connectivity index (χ0v) is 32.3. The van der Waals surface area contributed by atoms with Gasteiger partial charge in [-0.1, -0.05) is 71.0 Å². The summed E-state index contributed by atoms with van der Waals surface area (Å²) in [5.74, 6) is 0. The number of thioether (sulfide) groups is 2. The van der Waals surface area contributed by atoms with E-state index in [9.17, 15) is 0 Å². The third-order valence-corrected chi connectivity index (χ3v) is 10.8. The van der Waals surface area contributed by atoms with Crippen LogP contribution in [0.25, 0.3) is 44.8 Å². The van der Waals surface area contributed by atoms with Crippen molar-refractivity contribution >= 4 is 57.5 Å². The zero-order valence-electron chi connectivity index (χ0n) is 29.9. The Morgan fingerprint density at radius 3 is 1.75 bits per heavy atom.